The fourth-order valence-electron chi connectivity index (χ4n) is 2.81. The summed E-state index contributed by atoms with van der Waals surface area (Å²) in [6.07, 6.45) is 5.64. The average Bonchev–Trinajstić information content (AvgIpc) is 3.05. The average molecular weight is 249 g/mol. The number of imidazole rings is 1. The van der Waals surface area contributed by atoms with Crippen LogP contribution in [0.25, 0.3) is 28.2 Å². The monoisotopic (exact) mass is 249 g/mol. The second-order valence-corrected chi connectivity index (χ2v) is 4.69. The molecule has 0 aliphatic carbocycles. The lowest BCUT2D eigenvalue weighted by Gasteiger charge is -1.91. The molecule has 19 heavy (non-hydrogen) atoms. The van der Waals surface area contributed by atoms with E-state index >= 15 is 0 Å². The number of hydrogen-bond acceptors (Lipinski definition) is 3. The first kappa shape index (κ1) is 9.27. The molecule has 5 nitrogen and oxygen atoms in total. The normalized spacial score (nSPS) is 13.1. The van der Waals surface area contributed by atoms with Crippen LogP contribution in [-0.2, 0) is 6.54 Å². The Morgan fingerprint density at radius 1 is 1.16 bits per heavy atom. The summed E-state index contributed by atoms with van der Waals surface area (Å²) in [6, 6.07) is 7.86. The second-order valence-electron chi connectivity index (χ2n) is 4.69. The summed E-state index contributed by atoms with van der Waals surface area (Å²) in [4.78, 5) is 8.80. The predicted molar refractivity (Wildman–Crippen MR) is 67.5 cm³/mol. The van der Waals surface area contributed by atoms with Gasteiger partial charge in [0.25, 0.3) is 0 Å². The summed E-state index contributed by atoms with van der Waals surface area (Å²) >= 11 is 0. The molecule has 0 bridgehead atoms. The number of fused-ring (bicyclic) bond motifs is 7. The Hall–Kier alpha value is -2.69. The quantitative estimate of drug-likeness (QED) is 0.393. The van der Waals surface area contributed by atoms with E-state index in [0.717, 1.165) is 40.4 Å². The van der Waals surface area contributed by atoms with Gasteiger partial charge in [-0.2, -0.15) is 4.40 Å². The second kappa shape index (κ2) is 3.00. The summed E-state index contributed by atoms with van der Waals surface area (Å²) < 4.78 is 10.1. The minimum absolute atomic E-state index is 0.789. The van der Waals surface area contributed by atoms with Gasteiger partial charge in [0, 0.05) is 11.8 Å². The lowest BCUT2D eigenvalue weighted by molar-refractivity contribution is -0.488. The first-order chi connectivity index (χ1) is 9.42. The van der Waals surface area contributed by atoms with E-state index in [0.29, 0.717) is 0 Å². The van der Waals surface area contributed by atoms with Crippen molar-refractivity contribution in [1.82, 2.24) is 14.5 Å². The van der Waals surface area contributed by atoms with Gasteiger partial charge in [0.2, 0.25) is 5.58 Å². The molecule has 4 aromatic rings. The maximum absolute atomic E-state index is 5.94. The first-order valence-corrected chi connectivity index (χ1v) is 6.14. The van der Waals surface area contributed by atoms with Crippen LogP contribution in [0.5, 0.6) is 0 Å². The van der Waals surface area contributed by atoms with E-state index in [-0.39, 0.29) is 0 Å². The Morgan fingerprint density at radius 3 is 3.05 bits per heavy atom. The van der Waals surface area contributed by atoms with Crippen molar-refractivity contribution in [2.24, 2.45) is 0 Å². The number of aromatic nitrogens is 4. The van der Waals surface area contributed by atoms with Crippen LogP contribution in [0.1, 0.15) is 5.69 Å². The van der Waals surface area contributed by atoms with Crippen molar-refractivity contribution in [2.75, 3.05) is 0 Å². The van der Waals surface area contributed by atoms with Gasteiger partial charge in [-0.25, -0.2) is 0 Å². The topological polar surface area (TPSA) is 48.0 Å². The molecule has 0 aromatic carbocycles. The van der Waals surface area contributed by atoms with Gasteiger partial charge in [-0.15, -0.1) is 4.98 Å². The molecule has 0 radical (unpaired) electrons. The highest BCUT2D eigenvalue weighted by molar-refractivity contribution is 5.78. The van der Waals surface area contributed by atoms with Crippen LogP contribution < -0.4 is 4.40 Å². The molecule has 0 saturated heterocycles. The van der Waals surface area contributed by atoms with Gasteiger partial charge < -0.3 is 4.42 Å². The third kappa shape index (κ3) is 1.03. The van der Waals surface area contributed by atoms with Gasteiger partial charge in [-0.05, 0) is 24.3 Å². The maximum atomic E-state index is 5.94. The van der Waals surface area contributed by atoms with E-state index < -0.39 is 0 Å². The molecular formula is C14H9N4O+. The zero-order valence-electron chi connectivity index (χ0n) is 9.95. The summed E-state index contributed by atoms with van der Waals surface area (Å²) in [5.41, 5.74) is 5.81. The van der Waals surface area contributed by atoms with Crippen LogP contribution >= 0.6 is 0 Å². The van der Waals surface area contributed by atoms with Crippen molar-refractivity contribution < 1.29 is 8.82 Å². The van der Waals surface area contributed by atoms with Gasteiger partial charge >= 0.3 is 11.4 Å². The Labute approximate surface area is 107 Å². The van der Waals surface area contributed by atoms with Crippen LogP contribution in [-0.4, -0.2) is 14.5 Å². The Morgan fingerprint density at radius 2 is 2.05 bits per heavy atom. The maximum Gasteiger partial charge on any atom is 0.313 e. The highest BCUT2D eigenvalue weighted by Gasteiger charge is 2.31. The predicted octanol–water partition coefficient (Wildman–Crippen LogP) is 1.79. The van der Waals surface area contributed by atoms with E-state index in [4.69, 9.17) is 4.42 Å². The molecule has 5 heteroatoms. The van der Waals surface area contributed by atoms with E-state index in [2.05, 4.69) is 20.6 Å². The molecule has 0 amide bonds. The molecule has 1 aliphatic heterocycles. The highest BCUT2D eigenvalue weighted by atomic mass is 16.3. The molecule has 5 rings (SSSR count). The van der Waals surface area contributed by atoms with Crippen LogP contribution in [0.15, 0.2) is 47.4 Å². The summed E-state index contributed by atoms with van der Waals surface area (Å²) in [5.74, 6) is 0. The largest absolute Gasteiger partial charge is 0.419 e. The molecule has 0 spiro atoms. The molecule has 4 aromatic heterocycles. The van der Waals surface area contributed by atoms with Crippen molar-refractivity contribution >= 4 is 16.9 Å². The number of hydrogen-bond donors (Lipinski definition) is 0. The molecule has 0 atom stereocenters. The third-order valence-corrected chi connectivity index (χ3v) is 3.61. The third-order valence-electron chi connectivity index (χ3n) is 3.61. The SMILES string of the molecule is c1cnc2c(c1)-c1c3oc4cccnc4[n+]3cn1C2. The summed E-state index contributed by atoms with van der Waals surface area (Å²) in [6.45, 7) is 0.789. The van der Waals surface area contributed by atoms with Crippen molar-refractivity contribution in [1.29, 1.82) is 0 Å². The fraction of sp³-hybridized carbons (Fsp3) is 0.0714. The number of nitrogens with zero attached hydrogens (tertiary/aromatic N) is 4. The van der Waals surface area contributed by atoms with Crippen LogP contribution in [0.3, 0.4) is 0 Å². The van der Waals surface area contributed by atoms with E-state index in [1.807, 2.05) is 35.1 Å². The minimum Gasteiger partial charge on any atom is -0.419 e. The standard InChI is InChI=1S/C14H9N4O/c1-3-9-10(15-5-1)7-17-8-18-13-11(4-2-6-16-13)19-14(18)12(9)17/h1-6,8H,7H2/q+1. The number of pyridine rings is 2. The van der Waals surface area contributed by atoms with Crippen molar-refractivity contribution in [3.63, 3.8) is 0 Å². The molecule has 90 valence electrons. The van der Waals surface area contributed by atoms with E-state index in [1.54, 1.807) is 6.20 Å². The first-order valence-electron chi connectivity index (χ1n) is 6.14. The molecule has 5 heterocycles. The van der Waals surface area contributed by atoms with E-state index in [9.17, 15) is 0 Å². The zero-order chi connectivity index (χ0) is 12.4. The Kier molecular flexibility index (Phi) is 1.46. The smallest absolute Gasteiger partial charge is 0.313 e. The zero-order valence-corrected chi connectivity index (χ0v) is 9.95. The van der Waals surface area contributed by atoms with Crippen LogP contribution in [0.4, 0.5) is 0 Å². The summed E-state index contributed by atoms with van der Waals surface area (Å²) in [5, 5.41) is 0. The lowest BCUT2D eigenvalue weighted by Crippen LogP contribution is -2.17. The summed E-state index contributed by atoms with van der Waals surface area (Å²) in [7, 11) is 0. The number of oxazole rings is 1. The lowest BCUT2D eigenvalue weighted by atomic mass is 10.2. The van der Waals surface area contributed by atoms with Crippen molar-refractivity contribution in [3.8, 4) is 11.3 Å². The fourth-order valence-corrected chi connectivity index (χ4v) is 2.81. The van der Waals surface area contributed by atoms with Gasteiger partial charge in [0.15, 0.2) is 12.0 Å². The van der Waals surface area contributed by atoms with Gasteiger partial charge in [-0.3, -0.25) is 9.55 Å². The number of rotatable bonds is 0. The highest BCUT2D eigenvalue weighted by Crippen LogP contribution is 2.33. The Bertz CT molecular complexity index is 951. The van der Waals surface area contributed by atoms with Gasteiger partial charge in [0.1, 0.15) is 12.7 Å². The van der Waals surface area contributed by atoms with E-state index in [1.165, 1.54) is 0 Å². The molecule has 0 saturated carbocycles. The Balaban J connectivity index is 1.97. The molecule has 1 aliphatic rings. The minimum atomic E-state index is 0.789. The van der Waals surface area contributed by atoms with Crippen LogP contribution in [0, 0.1) is 0 Å². The van der Waals surface area contributed by atoms with Crippen molar-refractivity contribution in [2.45, 2.75) is 6.54 Å². The molecule has 0 fully saturated rings. The molecule has 0 N–H and O–H groups in total. The molecule has 0 unspecified atom stereocenters. The van der Waals surface area contributed by atoms with Gasteiger partial charge in [0.05, 0.1) is 5.69 Å². The van der Waals surface area contributed by atoms with Crippen LogP contribution in [0.2, 0.25) is 0 Å². The van der Waals surface area contributed by atoms with Crippen molar-refractivity contribution in [3.05, 3.63) is 48.7 Å². The van der Waals surface area contributed by atoms with Gasteiger partial charge in [-0.1, -0.05) is 0 Å². The molecular weight excluding hydrogens is 240 g/mol.